The van der Waals surface area contributed by atoms with Gasteiger partial charge in [0.1, 0.15) is 11.6 Å². The van der Waals surface area contributed by atoms with Crippen LogP contribution in [0.1, 0.15) is 61.9 Å². The molecule has 6 nitrogen and oxygen atoms in total. The van der Waals surface area contributed by atoms with Crippen molar-refractivity contribution in [3.63, 3.8) is 0 Å². The molecule has 1 aromatic heterocycles. The lowest BCUT2D eigenvalue weighted by Gasteiger charge is -2.23. The zero-order chi connectivity index (χ0) is 19.5. The summed E-state index contributed by atoms with van der Waals surface area (Å²) in [6, 6.07) is 4.17. The number of anilines is 1. The first kappa shape index (κ1) is 19.2. The third-order valence-electron chi connectivity index (χ3n) is 5.67. The Morgan fingerprint density at radius 2 is 1.96 bits per heavy atom. The van der Waals surface area contributed by atoms with Gasteiger partial charge in [0.25, 0.3) is 5.19 Å². The maximum absolute atomic E-state index is 6.10. The summed E-state index contributed by atoms with van der Waals surface area (Å²) in [5, 5.41) is 7.32. The number of aromatic nitrogens is 2. The van der Waals surface area contributed by atoms with Gasteiger partial charge in [-0.2, -0.15) is 9.36 Å². The number of aryl methyl sites for hydroxylation is 2. The van der Waals surface area contributed by atoms with E-state index in [4.69, 9.17) is 4.74 Å². The number of guanidine groups is 1. The molecule has 0 atom stereocenters. The molecule has 2 heterocycles. The summed E-state index contributed by atoms with van der Waals surface area (Å²) in [5.41, 5.74) is 3.22. The third kappa shape index (κ3) is 4.46. The predicted octanol–water partition coefficient (Wildman–Crippen LogP) is 5.00. The van der Waals surface area contributed by atoms with Gasteiger partial charge in [-0.05, 0) is 62.3 Å². The maximum Gasteiger partial charge on any atom is 0.298 e. The van der Waals surface area contributed by atoms with Crippen molar-refractivity contribution in [1.82, 2.24) is 14.7 Å². The summed E-state index contributed by atoms with van der Waals surface area (Å²) in [5.74, 6) is 3.96. The highest BCUT2D eigenvalue weighted by Crippen LogP contribution is 2.37. The smallest absolute Gasteiger partial charge is 0.298 e. The first-order valence-corrected chi connectivity index (χ1v) is 11.0. The molecule has 0 amide bonds. The molecule has 1 aliphatic carbocycles. The SMILES string of the molecule is Cc1cc(Oc2nc(C3CCC(C)CC3)ns2)c(C)cc1NC1=NCCCN1. The average molecular weight is 400 g/mol. The van der Waals surface area contributed by atoms with Gasteiger partial charge in [-0.1, -0.05) is 19.8 Å². The molecule has 150 valence electrons. The van der Waals surface area contributed by atoms with Gasteiger partial charge in [-0.3, -0.25) is 4.99 Å². The number of benzene rings is 1. The molecule has 1 fully saturated rings. The molecule has 2 aliphatic rings. The quantitative estimate of drug-likeness (QED) is 0.757. The second-order valence-corrected chi connectivity index (χ2v) is 8.76. The van der Waals surface area contributed by atoms with Crippen LogP contribution in [-0.4, -0.2) is 28.4 Å². The Balaban J connectivity index is 1.45. The molecular formula is C21H29N5OS. The highest BCUT2D eigenvalue weighted by atomic mass is 32.1. The van der Waals surface area contributed by atoms with Crippen LogP contribution in [0.4, 0.5) is 5.69 Å². The minimum Gasteiger partial charge on any atom is -0.430 e. The molecule has 0 saturated heterocycles. The van der Waals surface area contributed by atoms with Crippen molar-refractivity contribution in [3.05, 3.63) is 29.1 Å². The minimum atomic E-state index is 0.489. The zero-order valence-electron chi connectivity index (χ0n) is 16.9. The number of hydrogen-bond donors (Lipinski definition) is 2. The Morgan fingerprint density at radius 3 is 2.71 bits per heavy atom. The largest absolute Gasteiger partial charge is 0.430 e. The normalized spacial score (nSPS) is 22.3. The molecule has 0 radical (unpaired) electrons. The molecule has 0 bridgehead atoms. The van der Waals surface area contributed by atoms with Crippen LogP contribution in [0.15, 0.2) is 17.1 Å². The standard InChI is InChI=1S/C21H29N5OS/c1-13-5-7-16(8-6-13)19-25-21(28-26-19)27-18-12-14(2)17(11-15(18)3)24-20-22-9-4-10-23-20/h11-13,16H,4-10H2,1-3H3,(H2,22,23,24). The van der Waals surface area contributed by atoms with E-state index in [-0.39, 0.29) is 0 Å². The number of nitrogens with one attached hydrogen (secondary N) is 2. The van der Waals surface area contributed by atoms with Crippen molar-refractivity contribution in [3.8, 4) is 10.9 Å². The fraction of sp³-hybridized carbons (Fsp3) is 0.571. The second kappa shape index (κ2) is 8.47. The van der Waals surface area contributed by atoms with Crippen molar-refractivity contribution in [1.29, 1.82) is 0 Å². The van der Waals surface area contributed by atoms with Gasteiger partial charge in [0.15, 0.2) is 5.96 Å². The van der Waals surface area contributed by atoms with Crippen LogP contribution < -0.4 is 15.4 Å². The second-order valence-electron chi connectivity index (χ2n) is 8.05. The fourth-order valence-corrected chi connectivity index (χ4v) is 4.44. The third-order valence-corrected chi connectivity index (χ3v) is 6.28. The van der Waals surface area contributed by atoms with Crippen LogP contribution in [0.5, 0.6) is 10.9 Å². The van der Waals surface area contributed by atoms with Gasteiger partial charge in [-0.25, -0.2) is 0 Å². The summed E-state index contributed by atoms with van der Waals surface area (Å²) in [6.07, 6.45) is 6.00. The average Bonchev–Trinajstić information content (AvgIpc) is 3.16. The summed E-state index contributed by atoms with van der Waals surface area (Å²) < 4.78 is 10.7. The summed E-state index contributed by atoms with van der Waals surface area (Å²) >= 11 is 1.36. The van der Waals surface area contributed by atoms with Gasteiger partial charge in [0, 0.05) is 36.2 Å². The topological polar surface area (TPSA) is 71.4 Å². The van der Waals surface area contributed by atoms with Crippen LogP contribution in [-0.2, 0) is 0 Å². The number of aliphatic imine (C=N–C) groups is 1. The van der Waals surface area contributed by atoms with Gasteiger partial charge < -0.3 is 15.4 Å². The molecule has 0 unspecified atom stereocenters. The highest BCUT2D eigenvalue weighted by molar-refractivity contribution is 7.07. The van der Waals surface area contributed by atoms with Gasteiger partial charge in [0.05, 0.1) is 0 Å². The number of hydrogen-bond acceptors (Lipinski definition) is 7. The van der Waals surface area contributed by atoms with Gasteiger partial charge in [-0.15, -0.1) is 0 Å². The van der Waals surface area contributed by atoms with Gasteiger partial charge in [0.2, 0.25) is 0 Å². The monoisotopic (exact) mass is 399 g/mol. The molecule has 1 aromatic carbocycles. The number of ether oxygens (including phenoxy) is 1. The van der Waals surface area contributed by atoms with Crippen molar-refractivity contribution >= 4 is 23.2 Å². The van der Waals surface area contributed by atoms with Gasteiger partial charge >= 0.3 is 0 Å². The summed E-state index contributed by atoms with van der Waals surface area (Å²) in [6.45, 7) is 8.30. The fourth-order valence-electron chi connectivity index (χ4n) is 3.82. The first-order valence-electron chi connectivity index (χ1n) is 10.3. The molecule has 1 aliphatic heterocycles. The Labute approximate surface area is 171 Å². The maximum atomic E-state index is 6.10. The van der Waals surface area contributed by atoms with Crippen molar-refractivity contribution in [2.24, 2.45) is 10.9 Å². The Bertz CT molecular complexity index is 854. The van der Waals surface area contributed by atoms with E-state index in [1.54, 1.807) is 0 Å². The highest BCUT2D eigenvalue weighted by Gasteiger charge is 2.23. The molecule has 7 heteroatoms. The van der Waals surface area contributed by atoms with Crippen LogP contribution in [0.2, 0.25) is 0 Å². The zero-order valence-corrected chi connectivity index (χ0v) is 17.7. The molecule has 2 aromatic rings. The Morgan fingerprint density at radius 1 is 1.14 bits per heavy atom. The van der Waals surface area contributed by atoms with Crippen molar-refractivity contribution in [2.45, 2.75) is 58.8 Å². The molecule has 4 rings (SSSR count). The Kier molecular flexibility index (Phi) is 5.80. The van der Waals surface area contributed by atoms with E-state index in [1.165, 1.54) is 37.2 Å². The lowest BCUT2D eigenvalue weighted by Crippen LogP contribution is -2.35. The molecule has 2 N–H and O–H groups in total. The van der Waals surface area contributed by atoms with E-state index in [0.717, 1.165) is 59.8 Å². The van der Waals surface area contributed by atoms with Crippen molar-refractivity contribution in [2.75, 3.05) is 18.4 Å². The van der Waals surface area contributed by atoms with Crippen LogP contribution in [0, 0.1) is 19.8 Å². The predicted molar refractivity (Wildman–Crippen MR) is 115 cm³/mol. The van der Waals surface area contributed by atoms with E-state index in [0.29, 0.717) is 11.1 Å². The molecular weight excluding hydrogens is 370 g/mol. The Hall–Kier alpha value is -2.15. The number of rotatable bonds is 4. The lowest BCUT2D eigenvalue weighted by molar-refractivity contribution is 0.340. The van der Waals surface area contributed by atoms with E-state index in [9.17, 15) is 0 Å². The molecule has 0 spiro atoms. The van der Waals surface area contributed by atoms with Crippen molar-refractivity contribution < 1.29 is 4.74 Å². The van der Waals surface area contributed by atoms with E-state index in [2.05, 4.69) is 57.9 Å². The summed E-state index contributed by atoms with van der Waals surface area (Å²) in [4.78, 5) is 9.17. The van der Waals surface area contributed by atoms with E-state index < -0.39 is 0 Å². The first-order chi connectivity index (χ1) is 13.6. The summed E-state index contributed by atoms with van der Waals surface area (Å²) in [7, 11) is 0. The van der Waals surface area contributed by atoms with E-state index >= 15 is 0 Å². The van der Waals surface area contributed by atoms with Crippen LogP contribution in [0.3, 0.4) is 0 Å². The van der Waals surface area contributed by atoms with E-state index in [1.807, 2.05) is 0 Å². The number of nitrogens with zero attached hydrogens (tertiary/aromatic N) is 3. The molecule has 28 heavy (non-hydrogen) atoms. The van der Waals surface area contributed by atoms with Crippen LogP contribution >= 0.6 is 11.5 Å². The lowest BCUT2D eigenvalue weighted by atomic mass is 9.83. The van der Waals surface area contributed by atoms with Crippen LogP contribution in [0.25, 0.3) is 0 Å². The minimum absolute atomic E-state index is 0.489. The molecule has 1 saturated carbocycles.